The number of β-amino-alcohol motifs (C(OH)–C–C–N with tert-alkyl or cyclic N) is 2. The van der Waals surface area contributed by atoms with E-state index in [2.05, 4.69) is 21.7 Å². The van der Waals surface area contributed by atoms with Crippen LogP contribution in [0.1, 0.15) is 6.42 Å². The third-order valence-electron chi connectivity index (χ3n) is 3.38. The molecule has 1 rings (SSSR count). The number of hydrogen-bond donors (Lipinski definition) is 2. The second kappa shape index (κ2) is 8.83. The van der Waals surface area contributed by atoms with Crippen molar-refractivity contribution in [3.8, 4) is 0 Å². The summed E-state index contributed by atoms with van der Waals surface area (Å²) in [7, 11) is 2.13. The molecule has 5 heteroatoms. The van der Waals surface area contributed by atoms with Crippen LogP contribution in [0, 0.1) is 0 Å². The highest BCUT2D eigenvalue weighted by atomic mass is 16.3. The third-order valence-corrected chi connectivity index (χ3v) is 3.38. The van der Waals surface area contributed by atoms with Crippen LogP contribution in [-0.4, -0.2) is 97.5 Å². The lowest BCUT2D eigenvalue weighted by molar-refractivity contribution is 0.133. The van der Waals surface area contributed by atoms with Gasteiger partial charge in [0.2, 0.25) is 0 Å². The summed E-state index contributed by atoms with van der Waals surface area (Å²) >= 11 is 0. The summed E-state index contributed by atoms with van der Waals surface area (Å²) in [6.07, 6.45) is 1.11. The van der Waals surface area contributed by atoms with Gasteiger partial charge >= 0.3 is 0 Å². The van der Waals surface area contributed by atoms with E-state index >= 15 is 0 Å². The van der Waals surface area contributed by atoms with Crippen molar-refractivity contribution >= 4 is 0 Å². The van der Waals surface area contributed by atoms with Crippen molar-refractivity contribution in [2.45, 2.75) is 6.42 Å². The van der Waals surface area contributed by atoms with E-state index in [9.17, 15) is 0 Å². The van der Waals surface area contributed by atoms with Gasteiger partial charge in [-0.25, -0.2) is 0 Å². The molecule has 102 valence electrons. The van der Waals surface area contributed by atoms with E-state index in [0.717, 1.165) is 58.8 Å². The Morgan fingerprint density at radius 3 is 1.65 bits per heavy atom. The Bertz CT molecular complexity index is 175. The molecule has 0 bridgehead atoms. The first-order valence-corrected chi connectivity index (χ1v) is 6.61. The van der Waals surface area contributed by atoms with Gasteiger partial charge in [0.15, 0.2) is 0 Å². The third kappa shape index (κ3) is 6.33. The maximum atomic E-state index is 9.01. The van der Waals surface area contributed by atoms with Gasteiger partial charge in [0.25, 0.3) is 0 Å². The van der Waals surface area contributed by atoms with Crippen molar-refractivity contribution in [1.82, 2.24) is 14.7 Å². The van der Waals surface area contributed by atoms with Crippen molar-refractivity contribution in [2.75, 3.05) is 72.6 Å². The Labute approximate surface area is 105 Å². The molecule has 0 amide bonds. The largest absolute Gasteiger partial charge is 0.395 e. The highest BCUT2D eigenvalue weighted by molar-refractivity contribution is 4.68. The minimum atomic E-state index is 0.240. The van der Waals surface area contributed by atoms with E-state index in [1.807, 2.05) is 0 Å². The highest BCUT2D eigenvalue weighted by Crippen LogP contribution is 2.00. The van der Waals surface area contributed by atoms with Crippen LogP contribution in [-0.2, 0) is 0 Å². The first-order chi connectivity index (χ1) is 8.26. The van der Waals surface area contributed by atoms with Crippen LogP contribution in [0.2, 0.25) is 0 Å². The predicted octanol–water partition coefficient (Wildman–Crippen LogP) is -1.09. The molecule has 0 saturated carbocycles. The van der Waals surface area contributed by atoms with E-state index in [-0.39, 0.29) is 13.2 Å². The molecule has 0 radical (unpaired) electrons. The van der Waals surface area contributed by atoms with Crippen LogP contribution in [0.4, 0.5) is 0 Å². The summed E-state index contributed by atoms with van der Waals surface area (Å²) in [5, 5.41) is 18.0. The Balaban J connectivity index is 2.40. The molecule has 0 aromatic heterocycles. The summed E-state index contributed by atoms with van der Waals surface area (Å²) in [4.78, 5) is 6.96. The lowest BCUT2D eigenvalue weighted by Gasteiger charge is -2.30. The lowest BCUT2D eigenvalue weighted by Crippen LogP contribution is -2.42. The Hall–Kier alpha value is -0.200. The SMILES string of the molecule is CN1CCN(CCO)CCCN(CCO)CC1. The summed E-state index contributed by atoms with van der Waals surface area (Å²) in [6.45, 7) is 8.27. The van der Waals surface area contributed by atoms with Gasteiger partial charge in [-0.05, 0) is 26.6 Å². The summed E-state index contributed by atoms with van der Waals surface area (Å²) in [5.41, 5.74) is 0. The normalized spacial score (nSPS) is 22.8. The van der Waals surface area contributed by atoms with Crippen LogP contribution in [0.15, 0.2) is 0 Å². The van der Waals surface area contributed by atoms with Crippen LogP contribution >= 0.6 is 0 Å². The smallest absolute Gasteiger partial charge is 0.0558 e. The molecular formula is C12H27N3O2. The number of nitrogens with zero attached hydrogens (tertiary/aromatic N) is 3. The van der Waals surface area contributed by atoms with E-state index in [1.54, 1.807) is 0 Å². The zero-order valence-electron chi connectivity index (χ0n) is 11.0. The van der Waals surface area contributed by atoms with Crippen molar-refractivity contribution in [1.29, 1.82) is 0 Å². The number of aliphatic hydroxyl groups is 2. The van der Waals surface area contributed by atoms with Crippen molar-refractivity contribution in [3.05, 3.63) is 0 Å². The fourth-order valence-corrected chi connectivity index (χ4v) is 2.21. The highest BCUT2D eigenvalue weighted by Gasteiger charge is 2.12. The monoisotopic (exact) mass is 245 g/mol. The van der Waals surface area contributed by atoms with Gasteiger partial charge in [0.1, 0.15) is 0 Å². The molecule has 0 aromatic carbocycles. The number of likely N-dealkylation sites (N-methyl/N-ethyl adjacent to an activating group) is 1. The van der Waals surface area contributed by atoms with Crippen molar-refractivity contribution in [3.63, 3.8) is 0 Å². The van der Waals surface area contributed by atoms with Gasteiger partial charge in [-0.3, -0.25) is 9.80 Å². The molecule has 1 aliphatic heterocycles. The molecule has 0 aliphatic carbocycles. The second-order valence-electron chi connectivity index (χ2n) is 4.79. The van der Waals surface area contributed by atoms with Gasteiger partial charge < -0.3 is 15.1 Å². The van der Waals surface area contributed by atoms with Crippen LogP contribution in [0.3, 0.4) is 0 Å². The Morgan fingerprint density at radius 1 is 0.765 bits per heavy atom. The standard InChI is InChI=1S/C12H27N3O2/c1-13-5-7-14(9-11-16)3-2-4-15(8-6-13)10-12-17/h16-17H,2-12H2,1H3. The molecule has 0 unspecified atom stereocenters. The first kappa shape index (κ1) is 14.9. The van der Waals surface area contributed by atoms with Gasteiger partial charge in [-0.1, -0.05) is 0 Å². The zero-order valence-corrected chi connectivity index (χ0v) is 11.0. The van der Waals surface area contributed by atoms with Gasteiger partial charge in [-0.2, -0.15) is 0 Å². The first-order valence-electron chi connectivity index (χ1n) is 6.61. The molecule has 1 saturated heterocycles. The molecule has 0 atom stereocenters. The van der Waals surface area contributed by atoms with Gasteiger partial charge in [0, 0.05) is 39.3 Å². The summed E-state index contributed by atoms with van der Waals surface area (Å²) in [6, 6.07) is 0. The number of aliphatic hydroxyl groups excluding tert-OH is 2. The van der Waals surface area contributed by atoms with Gasteiger partial charge in [-0.15, -0.1) is 0 Å². The number of rotatable bonds is 4. The quantitative estimate of drug-likeness (QED) is 0.659. The second-order valence-corrected chi connectivity index (χ2v) is 4.79. The number of hydrogen-bond acceptors (Lipinski definition) is 5. The Morgan fingerprint density at radius 2 is 1.24 bits per heavy atom. The van der Waals surface area contributed by atoms with E-state index in [0.29, 0.717) is 0 Å². The summed E-state index contributed by atoms with van der Waals surface area (Å²) in [5.74, 6) is 0. The molecular weight excluding hydrogens is 218 g/mol. The van der Waals surface area contributed by atoms with Crippen molar-refractivity contribution in [2.24, 2.45) is 0 Å². The maximum Gasteiger partial charge on any atom is 0.0558 e. The molecule has 2 N–H and O–H groups in total. The Kier molecular flexibility index (Phi) is 7.72. The van der Waals surface area contributed by atoms with E-state index in [1.165, 1.54) is 0 Å². The average molecular weight is 245 g/mol. The van der Waals surface area contributed by atoms with Gasteiger partial charge in [0.05, 0.1) is 13.2 Å². The average Bonchev–Trinajstić information content (AvgIpc) is 2.32. The fourth-order valence-electron chi connectivity index (χ4n) is 2.21. The minimum Gasteiger partial charge on any atom is -0.395 e. The molecule has 0 aromatic rings. The zero-order chi connectivity index (χ0) is 12.5. The van der Waals surface area contributed by atoms with Crippen molar-refractivity contribution < 1.29 is 10.2 Å². The van der Waals surface area contributed by atoms with E-state index in [4.69, 9.17) is 10.2 Å². The molecule has 5 nitrogen and oxygen atoms in total. The molecule has 17 heavy (non-hydrogen) atoms. The molecule has 1 aliphatic rings. The van der Waals surface area contributed by atoms with Crippen LogP contribution in [0.25, 0.3) is 0 Å². The van der Waals surface area contributed by atoms with Crippen LogP contribution < -0.4 is 0 Å². The summed E-state index contributed by atoms with van der Waals surface area (Å²) < 4.78 is 0. The van der Waals surface area contributed by atoms with E-state index < -0.39 is 0 Å². The molecule has 1 fully saturated rings. The molecule has 1 heterocycles. The van der Waals surface area contributed by atoms with Crippen LogP contribution in [0.5, 0.6) is 0 Å². The lowest BCUT2D eigenvalue weighted by atomic mass is 10.3. The fraction of sp³-hybridized carbons (Fsp3) is 1.00. The minimum absolute atomic E-state index is 0.240. The topological polar surface area (TPSA) is 50.2 Å². The molecule has 0 spiro atoms. The maximum absolute atomic E-state index is 9.01. The predicted molar refractivity (Wildman–Crippen MR) is 69.2 cm³/mol.